The van der Waals surface area contributed by atoms with Gasteiger partial charge in [0.15, 0.2) is 0 Å². The van der Waals surface area contributed by atoms with E-state index in [9.17, 15) is 4.79 Å². The lowest BCUT2D eigenvalue weighted by Gasteiger charge is -2.22. The monoisotopic (exact) mass is 362 g/mol. The summed E-state index contributed by atoms with van der Waals surface area (Å²) >= 11 is 0. The summed E-state index contributed by atoms with van der Waals surface area (Å²) in [6.45, 7) is 5.57. The maximum Gasteiger partial charge on any atom is 0.257 e. The van der Waals surface area contributed by atoms with Crippen molar-refractivity contribution >= 4 is 5.91 Å². The molecule has 0 unspecified atom stereocenters. The Morgan fingerprint density at radius 1 is 1.07 bits per heavy atom. The van der Waals surface area contributed by atoms with Gasteiger partial charge in [-0.3, -0.25) is 4.79 Å². The number of carbonyl (C=O) groups excluding carboxylic acids is 1. The third-order valence-corrected chi connectivity index (χ3v) is 4.69. The van der Waals surface area contributed by atoms with Crippen LogP contribution in [0.4, 0.5) is 0 Å². The van der Waals surface area contributed by atoms with E-state index in [0.29, 0.717) is 25.2 Å². The van der Waals surface area contributed by atoms with Crippen LogP contribution in [0.5, 0.6) is 0 Å². The lowest BCUT2D eigenvalue weighted by atomic mass is 10.1. The molecule has 5 heteroatoms. The van der Waals surface area contributed by atoms with Crippen LogP contribution in [0.2, 0.25) is 0 Å². The molecule has 0 spiro atoms. The first-order valence-electron chi connectivity index (χ1n) is 9.25. The molecular formula is C22H26N4O. The van der Waals surface area contributed by atoms with E-state index in [1.54, 1.807) is 6.20 Å². The second-order valence-electron chi connectivity index (χ2n) is 6.71. The fourth-order valence-corrected chi connectivity index (χ4v) is 3.19. The molecule has 0 aliphatic carbocycles. The Balaban J connectivity index is 1.80. The van der Waals surface area contributed by atoms with Crippen LogP contribution in [0.15, 0.2) is 60.8 Å². The topological polar surface area (TPSA) is 64.2 Å². The third kappa shape index (κ3) is 4.44. The molecule has 0 saturated heterocycles. The zero-order valence-corrected chi connectivity index (χ0v) is 15.9. The molecule has 0 saturated carbocycles. The number of carbonyl (C=O) groups is 1. The van der Waals surface area contributed by atoms with Crippen LogP contribution < -0.4 is 5.73 Å². The fourth-order valence-electron chi connectivity index (χ4n) is 3.19. The summed E-state index contributed by atoms with van der Waals surface area (Å²) < 4.78 is 1.82. The molecule has 0 aliphatic rings. The van der Waals surface area contributed by atoms with Crippen molar-refractivity contribution in [3.8, 4) is 5.69 Å². The van der Waals surface area contributed by atoms with Gasteiger partial charge in [-0.25, -0.2) is 4.68 Å². The van der Waals surface area contributed by atoms with Gasteiger partial charge in [0.1, 0.15) is 0 Å². The van der Waals surface area contributed by atoms with Gasteiger partial charge in [0.25, 0.3) is 5.91 Å². The molecule has 0 bridgehead atoms. The first-order chi connectivity index (χ1) is 13.1. The largest absolute Gasteiger partial charge is 0.337 e. The van der Waals surface area contributed by atoms with Gasteiger partial charge in [0.05, 0.1) is 23.1 Å². The van der Waals surface area contributed by atoms with Crippen molar-refractivity contribution in [1.82, 2.24) is 14.7 Å². The number of rotatable bonds is 7. The predicted molar refractivity (Wildman–Crippen MR) is 108 cm³/mol. The standard InChI is InChI=1S/C22H26N4O/c1-17-7-6-10-20(15-17)26-18(2)21(16-24-26)22(27)25(14-12-23)13-11-19-8-4-3-5-9-19/h3-10,15-16H,11-14,23H2,1-2H3. The molecule has 3 rings (SSSR count). The van der Waals surface area contributed by atoms with Gasteiger partial charge in [-0.2, -0.15) is 5.10 Å². The molecule has 1 heterocycles. The molecule has 0 radical (unpaired) electrons. The molecule has 27 heavy (non-hydrogen) atoms. The number of nitrogens with two attached hydrogens (primary N) is 1. The zero-order valence-electron chi connectivity index (χ0n) is 15.9. The van der Waals surface area contributed by atoms with Gasteiger partial charge in [0, 0.05) is 19.6 Å². The smallest absolute Gasteiger partial charge is 0.257 e. The van der Waals surface area contributed by atoms with E-state index < -0.39 is 0 Å². The van der Waals surface area contributed by atoms with Gasteiger partial charge in [-0.05, 0) is 43.5 Å². The highest BCUT2D eigenvalue weighted by Gasteiger charge is 2.20. The predicted octanol–water partition coefficient (Wildman–Crippen LogP) is 3.13. The molecule has 140 valence electrons. The van der Waals surface area contributed by atoms with Crippen molar-refractivity contribution in [3.63, 3.8) is 0 Å². The van der Waals surface area contributed by atoms with E-state index in [0.717, 1.165) is 23.4 Å². The molecule has 2 N–H and O–H groups in total. The molecule has 5 nitrogen and oxygen atoms in total. The highest BCUT2D eigenvalue weighted by Crippen LogP contribution is 2.17. The number of hydrogen-bond acceptors (Lipinski definition) is 3. The van der Waals surface area contributed by atoms with Crippen LogP contribution in [0.1, 0.15) is 27.2 Å². The lowest BCUT2D eigenvalue weighted by Crippen LogP contribution is -2.37. The SMILES string of the molecule is Cc1cccc(-n2ncc(C(=O)N(CCN)CCc3ccccc3)c2C)c1. The van der Waals surface area contributed by atoms with E-state index in [1.807, 2.05) is 59.8 Å². The number of aryl methyl sites for hydroxylation is 1. The van der Waals surface area contributed by atoms with Crippen LogP contribution in [0.3, 0.4) is 0 Å². The van der Waals surface area contributed by atoms with Gasteiger partial charge in [0.2, 0.25) is 0 Å². The van der Waals surface area contributed by atoms with Crippen molar-refractivity contribution in [2.75, 3.05) is 19.6 Å². The van der Waals surface area contributed by atoms with Gasteiger partial charge < -0.3 is 10.6 Å². The summed E-state index contributed by atoms with van der Waals surface area (Å²) in [6, 6.07) is 18.3. The zero-order chi connectivity index (χ0) is 19.2. The Labute approximate surface area is 160 Å². The van der Waals surface area contributed by atoms with Crippen LogP contribution in [0.25, 0.3) is 5.69 Å². The summed E-state index contributed by atoms with van der Waals surface area (Å²) in [7, 11) is 0. The Morgan fingerprint density at radius 3 is 2.56 bits per heavy atom. The average molecular weight is 362 g/mol. The molecule has 0 fully saturated rings. The van der Waals surface area contributed by atoms with E-state index in [4.69, 9.17) is 5.73 Å². The minimum atomic E-state index is -0.0206. The maximum absolute atomic E-state index is 13.1. The van der Waals surface area contributed by atoms with Crippen LogP contribution in [-0.4, -0.2) is 40.2 Å². The first-order valence-corrected chi connectivity index (χ1v) is 9.25. The van der Waals surface area contributed by atoms with Crippen molar-refractivity contribution in [2.24, 2.45) is 5.73 Å². The van der Waals surface area contributed by atoms with E-state index in [1.165, 1.54) is 5.56 Å². The summed E-state index contributed by atoms with van der Waals surface area (Å²) in [5, 5.41) is 4.45. The Hall–Kier alpha value is -2.92. The van der Waals surface area contributed by atoms with Crippen molar-refractivity contribution in [2.45, 2.75) is 20.3 Å². The normalized spacial score (nSPS) is 10.8. The summed E-state index contributed by atoms with van der Waals surface area (Å²) in [5.41, 5.74) is 10.5. The molecule has 0 atom stereocenters. The summed E-state index contributed by atoms with van der Waals surface area (Å²) in [6.07, 6.45) is 2.46. The second-order valence-corrected chi connectivity index (χ2v) is 6.71. The van der Waals surface area contributed by atoms with Gasteiger partial charge >= 0.3 is 0 Å². The van der Waals surface area contributed by atoms with E-state index >= 15 is 0 Å². The molecule has 1 amide bonds. The maximum atomic E-state index is 13.1. The van der Waals surface area contributed by atoms with E-state index in [2.05, 4.69) is 23.3 Å². The second kappa shape index (κ2) is 8.64. The number of benzene rings is 2. The Bertz CT molecular complexity index is 902. The average Bonchev–Trinajstić information content (AvgIpc) is 3.07. The third-order valence-electron chi connectivity index (χ3n) is 4.69. The van der Waals surface area contributed by atoms with E-state index in [-0.39, 0.29) is 5.91 Å². The minimum Gasteiger partial charge on any atom is -0.337 e. The molecule has 0 aliphatic heterocycles. The van der Waals surface area contributed by atoms with Crippen molar-refractivity contribution in [1.29, 1.82) is 0 Å². The first kappa shape index (κ1) is 18.9. The number of amides is 1. The molecule has 1 aromatic heterocycles. The molecular weight excluding hydrogens is 336 g/mol. The van der Waals surface area contributed by atoms with Gasteiger partial charge in [-0.1, -0.05) is 42.5 Å². The number of hydrogen-bond donors (Lipinski definition) is 1. The highest BCUT2D eigenvalue weighted by molar-refractivity contribution is 5.95. The minimum absolute atomic E-state index is 0.0206. The molecule has 2 aromatic carbocycles. The summed E-state index contributed by atoms with van der Waals surface area (Å²) in [4.78, 5) is 14.9. The van der Waals surface area contributed by atoms with Crippen LogP contribution >= 0.6 is 0 Å². The van der Waals surface area contributed by atoms with Gasteiger partial charge in [-0.15, -0.1) is 0 Å². The number of aromatic nitrogens is 2. The lowest BCUT2D eigenvalue weighted by molar-refractivity contribution is 0.0761. The Kier molecular flexibility index (Phi) is 6.04. The molecule has 3 aromatic rings. The van der Waals surface area contributed by atoms with Crippen LogP contribution in [0, 0.1) is 13.8 Å². The Morgan fingerprint density at radius 2 is 1.85 bits per heavy atom. The van der Waals surface area contributed by atoms with Crippen LogP contribution in [-0.2, 0) is 6.42 Å². The quantitative estimate of drug-likeness (QED) is 0.702. The van der Waals surface area contributed by atoms with Crippen molar-refractivity contribution < 1.29 is 4.79 Å². The van der Waals surface area contributed by atoms with Crippen molar-refractivity contribution in [3.05, 3.63) is 83.2 Å². The highest BCUT2D eigenvalue weighted by atomic mass is 16.2. The summed E-state index contributed by atoms with van der Waals surface area (Å²) in [5.74, 6) is -0.0206. The number of nitrogens with zero attached hydrogens (tertiary/aromatic N) is 3. The fraction of sp³-hybridized carbons (Fsp3) is 0.273.